The van der Waals surface area contributed by atoms with Crippen molar-refractivity contribution in [3.63, 3.8) is 0 Å². The van der Waals surface area contributed by atoms with Crippen LogP contribution in [-0.2, 0) is 16.6 Å². The van der Waals surface area contributed by atoms with Crippen LogP contribution in [0.25, 0.3) is 0 Å². The minimum absolute atomic E-state index is 0.0353. The number of nitrogen functional groups attached to an aromatic ring is 1. The molecule has 2 aromatic carbocycles. The third-order valence-corrected chi connectivity index (χ3v) is 9.03. The second-order valence-corrected chi connectivity index (χ2v) is 11.7. The lowest BCUT2D eigenvalue weighted by atomic mass is 9.73. The molecule has 3 aromatic rings. The lowest BCUT2D eigenvalue weighted by molar-refractivity contribution is -0.277. The van der Waals surface area contributed by atoms with E-state index in [9.17, 15) is 35.1 Å². The SMILES string of the molecule is COc1cc(O[C@@H]2O[C@H](CO)[C@@H](O)[C@H](O)[C@H]2O)c2c(c1)C(=O)c1cc(CC3(c4ccc(N)nc4)CCCC3)cc(O)c1C2=O. The maximum absolute atomic E-state index is 14.0. The third-order valence-electron chi connectivity index (χ3n) is 9.03. The van der Waals surface area contributed by atoms with Gasteiger partial charge in [-0.15, -0.1) is 0 Å². The third kappa shape index (κ3) is 4.98. The highest BCUT2D eigenvalue weighted by molar-refractivity contribution is 6.30. The first-order valence-corrected chi connectivity index (χ1v) is 14.4. The molecule has 3 aliphatic rings. The maximum atomic E-state index is 14.0. The van der Waals surface area contributed by atoms with Crippen LogP contribution in [0.5, 0.6) is 17.2 Å². The summed E-state index contributed by atoms with van der Waals surface area (Å²) in [5.74, 6) is -1.23. The number of aliphatic hydroxyl groups is 4. The number of phenols is 1. The van der Waals surface area contributed by atoms with Gasteiger partial charge in [0, 0.05) is 28.8 Å². The standard InChI is InChI=1S/C32H34N2O10/c1-42-17-10-19-25(21(11-17)43-31-30(41)29(40)27(38)22(14-35)44-31)28(39)24-18(26(19)37)8-15(9-20(24)36)12-32(6-2-3-7-32)16-4-5-23(33)34-13-16/h4-5,8-11,13,22,27,29-31,35-36,38,40-41H,2-3,6-7,12,14H2,1H3,(H2,33,34)/t22-,27-,29+,30-,31-/m1/s1. The van der Waals surface area contributed by atoms with Gasteiger partial charge in [0.2, 0.25) is 12.1 Å². The number of ketones is 2. The Morgan fingerprint density at radius 2 is 1.70 bits per heavy atom. The molecule has 7 N–H and O–H groups in total. The molecule has 0 bridgehead atoms. The van der Waals surface area contributed by atoms with E-state index in [0.717, 1.165) is 31.2 Å². The lowest BCUT2D eigenvalue weighted by Gasteiger charge is -2.39. The van der Waals surface area contributed by atoms with E-state index in [0.29, 0.717) is 17.8 Å². The molecule has 5 atom stereocenters. The van der Waals surface area contributed by atoms with Gasteiger partial charge >= 0.3 is 0 Å². The fourth-order valence-corrected chi connectivity index (χ4v) is 6.71. The van der Waals surface area contributed by atoms with Gasteiger partial charge in [-0.3, -0.25) is 9.59 Å². The predicted molar refractivity (Wildman–Crippen MR) is 155 cm³/mol. The molecule has 2 aliphatic carbocycles. The largest absolute Gasteiger partial charge is 0.507 e. The average Bonchev–Trinajstić information content (AvgIpc) is 3.49. The van der Waals surface area contributed by atoms with E-state index in [1.807, 2.05) is 6.07 Å². The number of methoxy groups -OCH3 is 1. The number of rotatable bonds is 7. The minimum atomic E-state index is -1.76. The Morgan fingerprint density at radius 3 is 2.36 bits per heavy atom. The highest BCUT2D eigenvalue weighted by atomic mass is 16.7. The zero-order valence-electron chi connectivity index (χ0n) is 24.0. The summed E-state index contributed by atoms with van der Waals surface area (Å²) in [6, 6.07) is 9.56. The monoisotopic (exact) mass is 606 g/mol. The molecule has 1 aromatic heterocycles. The van der Waals surface area contributed by atoms with Gasteiger partial charge in [-0.05, 0) is 54.7 Å². The summed E-state index contributed by atoms with van der Waals surface area (Å²) in [6.07, 6.45) is -1.87. The van der Waals surface area contributed by atoms with Crippen molar-refractivity contribution >= 4 is 17.4 Å². The normalized spacial score (nSPS) is 25.8. The summed E-state index contributed by atoms with van der Waals surface area (Å²) in [5, 5.41) is 51.6. The number of hydrogen-bond donors (Lipinski definition) is 6. The molecule has 6 rings (SSSR count). The highest BCUT2D eigenvalue weighted by Gasteiger charge is 2.46. The molecule has 1 aliphatic heterocycles. The number of carbonyl (C=O) groups is 2. The number of hydrogen-bond acceptors (Lipinski definition) is 12. The number of pyridine rings is 1. The molecule has 232 valence electrons. The number of fused-ring (bicyclic) bond motifs is 2. The molecule has 44 heavy (non-hydrogen) atoms. The van der Waals surface area contributed by atoms with Crippen molar-refractivity contribution in [3.05, 3.63) is 76.0 Å². The first-order chi connectivity index (χ1) is 21.1. The van der Waals surface area contributed by atoms with Crippen LogP contribution < -0.4 is 15.2 Å². The summed E-state index contributed by atoms with van der Waals surface area (Å²) >= 11 is 0. The quantitative estimate of drug-likeness (QED) is 0.177. The summed E-state index contributed by atoms with van der Waals surface area (Å²) in [5.41, 5.74) is 6.87. The molecule has 0 spiro atoms. The van der Waals surface area contributed by atoms with E-state index in [2.05, 4.69) is 4.98 Å². The smallest absolute Gasteiger partial charge is 0.229 e. The van der Waals surface area contributed by atoms with Crippen LogP contribution in [0.1, 0.15) is 68.7 Å². The summed E-state index contributed by atoms with van der Waals surface area (Å²) in [6.45, 7) is -0.682. The van der Waals surface area contributed by atoms with E-state index >= 15 is 0 Å². The van der Waals surface area contributed by atoms with Crippen molar-refractivity contribution < 1.29 is 49.3 Å². The number of nitrogens with zero attached hydrogens (tertiary/aromatic N) is 1. The predicted octanol–water partition coefficient (Wildman–Crippen LogP) is 1.39. The molecule has 2 heterocycles. The van der Waals surface area contributed by atoms with Crippen LogP contribution in [0.2, 0.25) is 0 Å². The first kappa shape index (κ1) is 30.0. The van der Waals surface area contributed by atoms with Crippen LogP contribution in [0.4, 0.5) is 5.82 Å². The first-order valence-electron chi connectivity index (χ1n) is 14.4. The molecule has 0 amide bonds. The molecule has 12 nitrogen and oxygen atoms in total. The summed E-state index contributed by atoms with van der Waals surface area (Å²) in [7, 11) is 1.36. The summed E-state index contributed by atoms with van der Waals surface area (Å²) in [4.78, 5) is 32.2. The summed E-state index contributed by atoms with van der Waals surface area (Å²) < 4.78 is 16.6. The maximum Gasteiger partial charge on any atom is 0.229 e. The van der Waals surface area contributed by atoms with E-state index in [1.165, 1.54) is 25.3 Å². The fraction of sp³-hybridized carbons (Fsp3) is 0.406. The molecule has 1 saturated heterocycles. The Bertz CT molecular complexity index is 1600. The van der Waals surface area contributed by atoms with Crippen molar-refractivity contribution in [2.75, 3.05) is 19.5 Å². The van der Waals surface area contributed by atoms with Crippen LogP contribution in [0.3, 0.4) is 0 Å². The van der Waals surface area contributed by atoms with Gasteiger partial charge in [-0.25, -0.2) is 4.98 Å². The molecule has 0 radical (unpaired) electrons. The Labute approximate surface area is 252 Å². The minimum Gasteiger partial charge on any atom is -0.507 e. The van der Waals surface area contributed by atoms with Crippen molar-refractivity contribution in [3.8, 4) is 17.2 Å². The van der Waals surface area contributed by atoms with Gasteiger partial charge in [-0.1, -0.05) is 18.9 Å². The molecule has 2 fully saturated rings. The van der Waals surface area contributed by atoms with Crippen LogP contribution in [-0.4, -0.2) is 86.5 Å². The second kappa shape index (κ2) is 11.5. The number of aliphatic hydroxyl groups excluding tert-OH is 4. The van der Waals surface area contributed by atoms with Crippen molar-refractivity contribution in [1.29, 1.82) is 0 Å². The number of aromatic nitrogens is 1. The number of ether oxygens (including phenoxy) is 3. The van der Waals surface area contributed by atoms with E-state index in [1.54, 1.807) is 18.3 Å². The Balaban J connectivity index is 1.38. The zero-order valence-corrected chi connectivity index (χ0v) is 24.0. The fourth-order valence-electron chi connectivity index (χ4n) is 6.71. The number of phenolic OH excluding ortho intramolecular Hbond substituents is 1. The van der Waals surface area contributed by atoms with Crippen LogP contribution >= 0.6 is 0 Å². The number of nitrogens with two attached hydrogens (primary N) is 1. The van der Waals surface area contributed by atoms with Gasteiger partial charge in [0.15, 0.2) is 5.78 Å². The van der Waals surface area contributed by atoms with E-state index in [4.69, 9.17) is 19.9 Å². The lowest BCUT2D eigenvalue weighted by Crippen LogP contribution is -2.60. The number of carbonyl (C=O) groups excluding carboxylic acids is 2. The number of aromatic hydroxyl groups is 1. The van der Waals surface area contributed by atoms with E-state index < -0.39 is 48.9 Å². The molecular weight excluding hydrogens is 572 g/mol. The van der Waals surface area contributed by atoms with Crippen molar-refractivity contribution in [1.82, 2.24) is 4.98 Å². The average molecular weight is 607 g/mol. The zero-order chi connectivity index (χ0) is 31.3. The van der Waals surface area contributed by atoms with Gasteiger partial charge in [0.1, 0.15) is 47.5 Å². The topological polar surface area (TPSA) is 202 Å². The second-order valence-electron chi connectivity index (χ2n) is 11.7. The van der Waals surface area contributed by atoms with Gasteiger partial charge in [-0.2, -0.15) is 0 Å². The van der Waals surface area contributed by atoms with Crippen molar-refractivity contribution in [2.24, 2.45) is 0 Å². The molecule has 12 heteroatoms. The highest BCUT2D eigenvalue weighted by Crippen LogP contribution is 2.46. The molecular formula is C32H34N2O10. The van der Waals surface area contributed by atoms with Crippen molar-refractivity contribution in [2.45, 2.75) is 68.2 Å². The van der Waals surface area contributed by atoms with Gasteiger partial charge < -0.3 is 45.5 Å². The molecule has 1 saturated carbocycles. The van der Waals surface area contributed by atoms with Gasteiger partial charge in [0.05, 0.1) is 24.8 Å². The number of anilines is 1. The number of benzene rings is 2. The van der Waals surface area contributed by atoms with Crippen LogP contribution in [0.15, 0.2) is 42.6 Å². The van der Waals surface area contributed by atoms with Crippen LogP contribution in [0, 0.1) is 0 Å². The van der Waals surface area contributed by atoms with E-state index in [-0.39, 0.29) is 44.9 Å². The molecule has 0 unspecified atom stereocenters. The Kier molecular flexibility index (Phi) is 7.80. The van der Waals surface area contributed by atoms with Gasteiger partial charge in [0.25, 0.3) is 0 Å². The Morgan fingerprint density at radius 1 is 0.977 bits per heavy atom. The Hall–Kier alpha value is -4.07.